The second-order valence-electron chi connectivity index (χ2n) is 10.1. The topological polar surface area (TPSA) is 23.5 Å². The third-order valence-corrected chi connectivity index (χ3v) is 7.97. The number of rotatable bonds is 4. The van der Waals surface area contributed by atoms with Crippen molar-refractivity contribution in [3.63, 3.8) is 0 Å². The van der Waals surface area contributed by atoms with Crippen molar-refractivity contribution in [3.8, 4) is 22.3 Å². The summed E-state index contributed by atoms with van der Waals surface area (Å²) < 4.78 is 0. The molecule has 0 fully saturated rings. The van der Waals surface area contributed by atoms with Gasteiger partial charge in [0.25, 0.3) is 0 Å². The van der Waals surface area contributed by atoms with Crippen molar-refractivity contribution < 1.29 is 5.11 Å². The molecule has 0 saturated carbocycles. The van der Waals surface area contributed by atoms with Gasteiger partial charge in [0, 0.05) is 27.4 Å². The molecule has 0 spiro atoms. The Kier molecular flexibility index (Phi) is 6.00. The number of fused-ring (bicyclic) bond motifs is 2. The van der Waals surface area contributed by atoms with Crippen LogP contribution in [0.3, 0.4) is 0 Å². The van der Waals surface area contributed by atoms with Crippen LogP contribution in [0.4, 0.5) is 17.1 Å². The zero-order valence-electron chi connectivity index (χ0n) is 21.7. The van der Waals surface area contributed by atoms with Crippen LogP contribution in [0.1, 0.15) is 16.7 Å². The first-order chi connectivity index (χ1) is 19.6. The van der Waals surface area contributed by atoms with E-state index < -0.39 is 5.60 Å². The molecule has 3 heteroatoms. The van der Waals surface area contributed by atoms with Crippen LogP contribution in [0.15, 0.2) is 152 Å². The Bertz CT molecular complexity index is 1830. The molecule has 1 heterocycles. The first kappa shape index (κ1) is 24.4. The number of aliphatic hydroxyl groups is 1. The number of hydrogen-bond acceptors (Lipinski definition) is 2. The fourth-order valence-electron chi connectivity index (χ4n) is 5.93. The standard InChI is InChI=1S/C37H26ClNO/c38-29-15-11-14-27(24-29)28-22-23-34-36(25-28)39(30-16-5-2-6-17-30)35-21-10-9-20-33(35)37(34,40)32-19-8-7-18-31(32)26-12-3-1-4-13-26/h1-25,40H. The van der Waals surface area contributed by atoms with Gasteiger partial charge in [-0.3, -0.25) is 0 Å². The van der Waals surface area contributed by atoms with E-state index in [1.54, 1.807) is 0 Å². The lowest BCUT2D eigenvalue weighted by molar-refractivity contribution is 0.126. The maximum atomic E-state index is 13.1. The molecule has 2 nitrogen and oxygen atoms in total. The van der Waals surface area contributed by atoms with Gasteiger partial charge < -0.3 is 10.0 Å². The number of anilines is 3. The second kappa shape index (κ2) is 9.84. The summed E-state index contributed by atoms with van der Waals surface area (Å²) in [5.74, 6) is 0. The fraction of sp³-hybridized carbons (Fsp3) is 0.0270. The van der Waals surface area contributed by atoms with Crippen LogP contribution in [0.25, 0.3) is 22.3 Å². The maximum Gasteiger partial charge on any atom is 0.145 e. The molecule has 1 aliphatic rings. The monoisotopic (exact) mass is 535 g/mol. The van der Waals surface area contributed by atoms with Crippen LogP contribution in [0, 0.1) is 0 Å². The lowest BCUT2D eigenvalue weighted by Crippen LogP contribution is -2.37. The summed E-state index contributed by atoms with van der Waals surface area (Å²) in [6.45, 7) is 0. The molecular weight excluding hydrogens is 510 g/mol. The smallest absolute Gasteiger partial charge is 0.145 e. The molecule has 1 N–H and O–H groups in total. The molecule has 0 radical (unpaired) electrons. The molecule has 1 unspecified atom stereocenters. The molecule has 40 heavy (non-hydrogen) atoms. The Balaban J connectivity index is 1.55. The summed E-state index contributed by atoms with van der Waals surface area (Å²) >= 11 is 6.38. The van der Waals surface area contributed by atoms with E-state index in [-0.39, 0.29) is 0 Å². The third kappa shape index (κ3) is 3.93. The first-order valence-electron chi connectivity index (χ1n) is 13.4. The zero-order valence-corrected chi connectivity index (χ0v) is 22.5. The number of halogens is 1. The maximum absolute atomic E-state index is 13.1. The highest BCUT2D eigenvalue weighted by atomic mass is 35.5. The largest absolute Gasteiger partial charge is 0.376 e. The van der Waals surface area contributed by atoms with Crippen LogP contribution in [0.5, 0.6) is 0 Å². The van der Waals surface area contributed by atoms with Gasteiger partial charge in [-0.05, 0) is 58.7 Å². The molecule has 0 aromatic heterocycles. The predicted octanol–water partition coefficient (Wildman–Crippen LogP) is 9.74. The molecule has 0 bridgehead atoms. The van der Waals surface area contributed by atoms with Gasteiger partial charge in [-0.15, -0.1) is 0 Å². The Labute approximate surface area is 239 Å². The zero-order chi connectivity index (χ0) is 27.1. The van der Waals surface area contributed by atoms with Crippen LogP contribution in [-0.2, 0) is 5.60 Å². The first-order valence-corrected chi connectivity index (χ1v) is 13.7. The molecule has 6 aromatic rings. The summed E-state index contributed by atoms with van der Waals surface area (Å²) in [7, 11) is 0. The number of para-hydroxylation sites is 2. The number of hydrogen-bond donors (Lipinski definition) is 1. The summed E-state index contributed by atoms with van der Waals surface area (Å²) in [5.41, 5.74) is 8.12. The van der Waals surface area contributed by atoms with E-state index in [4.69, 9.17) is 11.6 Å². The van der Waals surface area contributed by atoms with Crippen molar-refractivity contribution in [1.29, 1.82) is 0 Å². The van der Waals surface area contributed by atoms with Gasteiger partial charge in [0.15, 0.2) is 0 Å². The van der Waals surface area contributed by atoms with Crippen LogP contribution < -0.4 is 4.90 Å². The van der Waals surface area contributed by atoms with E-state index in [0.717, 1.165) is 56.0 Å². The Morgan fingerprint density at radius 3 is 1.85 bits per heavy atom. The van der Waals surface area contributed by atoms with Gasteiger partial charge in [-0.25, -0.2) is 0 Å². The predicted molar refractivity (Wildman–Crippen MR) is 166 cm³/mol. The Morgan fingerprint density at radius 2 is 1.07 bits per heavy atom. The molecule has 192 valence electrons. The van der Waals surface area contributed by atoms with Crippen molar-refractivity contribution in [2.24, 2.45) is 0 Å². The minimum atomic E-state index is -1.39. The minimum absolute atomic E-state index is 0.689. The van der Waals surface area contributed by atoms with E-state index >= 15 is 0 Å². The highest BCUT2D eigenvalue weighted by Crippen LogP contribution is 2.55. The minimum Gasteiger partial charge on any atom is -0.376 e. The van der Waals surface area contributed by atoms with Crippen LogP contribution in [-0.4, -0.2) is 5.11 Å². The van der Waals surface area contributed by atoms with Crippen molar-refractivity contribution in [2.45, 2.75) is 5.60 Å². The van der Waals surface area contributed by atoms with Crippen molar-refractivity contribution >= 4 is 28.7 Å². The van der Waals surface area contributed by atoms with Gasteiger partial charge in [0.05, 0.1) is 11.4 Å². The third-order valence-electron chi connectivity index (χ3n) is 7.74. The molecule has 1 atom stereocenters. The van der Waals surface area contributed by atoms with Gasteiger partial charge in [0.1, 0.15) is 5.60 Å². The molecular formula is C37H26ClNO. The number of nitrogens with zero attached hydrogens (tertiary/aromatic N) is 1. The lowest BCUT2D eigenvalue weighted by Gasteiger charge is -2.43. The summed E-state index contributed by atoms with van der Waals surface area (Å²) in [6.07, 6.45) is 0. The molecule has 7 rings (SSSR count). The molecule has 6 aromatic carbocycles. The fourth-order valence-corrected chi connectivity index (χ4v) is 6.12. The highest BCUT2D eigenvalue weighted by molar-refractivity contribution is 6.30. The highest BCUT2D eigenvalue weighted by Gasteiger charge is 2.45. The average Bonchev–Trinajstić information content (AvgIpc) is 3.02. The van der Waals surface area contributed by atoms with Gasteiger partial charge in [-0.1, -0.05) is 127 Å². The van der Waals surface area contributed by atoms with Gasteiger partial charge >= 0.3 is 0 Å². The van der Waals surface area contributed by atoms with E-state index in [2.05, 4.69) is 65.6 Å². The normalized spacial score (nSPS) is 15.8. The van der Waals surface area contributed by atoms with E-state index in [9.17, 15) is 5.11 Å². The van der Waals surface area contributed by atoms with Gasteiger partial charge in [0.2, 0.25) is 0 Å². The molecule has 0 saturated heterocycles. The Hall–Kier alpha value is -4.63. The summed E-state index contributed by atoms with van der Waals surface area (Å²) in [5, 5.41) is 13.8. The van der Waals surface area contributed by atoms with E-state index in [1.807, 2.05) is 91.0 Å². The summed E-state index contributed by atoms with van der Waals surface area (Å²) in [6, 6.07) is 51.2. The number of benzene rings is 6. The second-order valence-corrected chi connectivity index (χ2v) is 10.5. The molecule has 1 aliphatic heterocycles. The quantitative estimate of drug-likeness (QED) is 0.243. The van der Waals surface area contributed by atoms with Gasteiger partial charge in [-0.2, -0.15) is 0 Å². The van der Waals surface area contributed by atoms with E-state index in [1.165, 1.54) is 0 Å². The lowest BCUT2D eigenvalue weighted by atomic mass is 9.73. The summed E-state index contributed by atoms with van der Waals surface area (Å²) in [4.78, 5) is 2.25. The molecule has 0 amide bonds. The van der Waals surface area contributed by atoms with Crippen molar-refractivity contribution in [2.75, 3.05) is 4.90 Å². The van der Waals surface area contributed by atoms with E-state index in [0.29, 0.717) is 5.02 Å². The average molecular weight is 536 g/mol. The van der Waals surface area contributed by atoms with Crippen LogP contribution in [0.2, 0.25) is 5.02 Å². The Morgan fingerprint density at radius 1 is 0.475 bits per heavy atom. The SMILES string of the molecule is OC1(c2ccccc2-c2ccccc2)c2ccccc2N(c2ccccc2)c2cc(-c3cccc(Cl)c3)ccc21. The van der Waals surface area contributed by atoms with Crippen molar-refractivity contribution in [1.82, 2.24) is 0 Å². The van der Waals surface area contributed by atoms with Crippen molar-refractivity contribution in [3.05, 3.63) is 173 Å². The molecule has 0 aliphatic carbocycles. The van der Waals surface area contributed by atoms with Crippen LogP contribution >= 0.6 is 11.6 Å².